The van der Waals surface area contributed by atoms with Gasteiger partial charge in [-0.05, 0) is 24.3 Å². The van der Waals surface area contributed by atoms with Gasteiger partial charge in [-0.15, -0.1) is 5.12 Å². The molecule has 1 N–H and O–H groups in total. The van der Waals surface area contributed by atoms with Crippen LogP contribution in [0.1, 0.15) is 5.56 Å². The predicted molar refractivity (Wildman–Crippen MR) is 98.2 cm³/mol. The lowest BCUT2D eigenvalue weighted by Gasteiger charge is -2.10. The third-order valence-corrected chi connectivity index (χ3v) is 3.94. The van der Waals surface area contributed by atoms with E-state index in [0.29, 0.717) is 16.5 Å². The van der Waals surface area contributed by atoms with Crippen molar-refractivity contribution >= 4 is 34.5 Å². The molecule has 27 heavy (non-hydrogen) atoms. The van der Waals surface area contributed by atoms with E-state index in [4.69, 9.17) is 5.11 Å². The Balaban J connectivity index is 2.02. The third kappa shape index (κ3) is 3.70. The average molecular weight is 363 g/mol. The number of carbonyl (C=O) groups is 2. The molecule has 1 aromatic heterocycles. The number of aromatic nitrogens is 1. The molecule has 0 bridgehead atoms. The molecular weight excluding hydrogens is 349 g/mol. The van der Waals surface area contributed by atoms with Crippen LogP contribution in [0.3, 0.4) is 0 Å². The summed E-state index contributed by atoms with van der Waals surface area (Å²) in [5, 5.41) is 19.0. The van der Waals surface area contributed by atoms with Crippen LogP contribution in [-0.4, -0.2) is 21.6 Å². The number of carboxylic acid groups (broad SMARTS) is 1. The molecule has 3 rings (SSSR count). The van der Waals surface area contributed by atoms with Crippen molar-refractivity contribution in [2.75, 3.05) is 5.12 Å². The minimum Gasteiger partial charge on any atom is -0.480 e. The average Bonchev–Trinajstić information content (AvgIpc) is 3.02. The van der Waals surface area contributed by atoms with Crippen LogP contribution in [0.5, 0.6) is 0 Å². The van der Waals surface area contributed by atoms with Gasteiger partial charge in [0, 0.05) is 22.7 Å². The van der Waals surface area contributed by atoms with E-state index in [0.717, 1.165) is 0 Å². The largest absolute Gasteiger partial charge is 0.480 e. The minimum atomic E-state index is -1.10. The zero-order valence-corrected chi connectivity index (χ0v) is 14.0. The summed E-state index contributed by atoms with van der Waals surface area (Å²) >= 11 is 0. The van der Waals surface area contributed by atoms with Crippen molar-refractivity contribution in [3.63, 3.8) is 0 Å². The highest BCUT2D eigenvalue weighted by atomic mass is 19.2. The lowest BCUT2D eigenvalue weighted by atomic mass is 10.1. The number of nitrogens with zero attached hydrogens (tertiary/aromatic N) is 3. The number of hydrogen-bond donors (Lipinski definition) is 1. The van der Waals surface area contributed by atoms with Gasteiger partial charge in [-0.1, -0.05) is 40.9 Å². The summed E-state index contributed by atoms with van der Waals surface area (Å²) in [5.74, 6) is -2.12. The van der Waals surface area contributed by atoms with Crippen LogP contribution in [0.15, 0.2) is 66.4 Å². The van der Waals surface area contributed by atoms with Crippen molar-refractivity contribution in [1.29, 1.82) is 5.26 Å². The van der Waals surface area contributed by atoms with Crippen molar-refractivity contribution in [2.24, 2.45) is 0 Å². The van der Waals surface area contributed by atoms with Gasteiger partial charge in [-0.2, -0.15) is 5.26 Å². The van der Waals surface area contributed by atoms with Gasteiger partial charge in [0.05, 0.1) is 5.69 Å². The molecule has 0 atom stereocenters. The zero-order valence-electron chi connectivity index (χ0n) is 14.0. The number of amides is 1. The van der Waals surface area contributed by atoms with Crippen LogP contribution >= 0.6 is 0 Å². The van der Waals surface area contributed by atoms with E-state index < -0.39 is 17.4 Å². The van der Waals surface area contributed by atoms with Gasteiger partial charge < -0.3 is 9.67 Å². The summed E-state index contributed by atoms with van der Waals surface area (Å²) in [7, 11) is 0. The quantitative estimate of drug-likeness (QED) is 0.427. The molecule has 0 saturated carbocycles. The number of carbonyl (C=O) groups excluding carboxylic acids is 1. The van der Waals surface area contributed by atoms with Gasteiger partial charge in [0.15, 0.2) is 0 Å². The number of fused-ring (bicyclic) bond motifs is 1. The number of carboxylic acids is 1. The second kappa shape index (κ2) is 7.54. The maximum atomic E-state index is 14.4. The molecule has 0 aliphatic heterocycles. The Bertz CT molecular complexity index is 1080. The van der Waals surface area contributed by atoms with E-state index in [9.17, 15) is 19.3 Å². The number of para-hydroxylation sites is 2. The van der Waals surface area contributed by atoms with Crippen LogP contribution in [-0.2, 0) is 16.1 Å². The molecule has 134 valence electrons. The predicted octanol–water partition coefficient (Wildman–Crippen LogP) is 3.55. The van der Waals surface area contributed by atoms with Gasteiger partial charge >= 0.3 is 5.97 Å². The van der Waals surface area contributed by atoms with E-state index in [1.54, 1.807) is 48.5 Å². The first-order valence-electron chi connectivity index (χ1n) is 7.98. The van der Waals surface area contributed by atoms with Crippen molar-refractivity contribution in [3.05, 3.63) is 71.9 Å². The molecule has 3 aromatic rings. The maximum absolute atomic E-state index is 14.4. The van der Waals surface area contributed by atoms with Gasteiger partial charge in [0.1, 0.15) is 18.2 Å². The standard InChI is InChI=1S/C20H14FN3O3/c21-24(16-6-2-1-3-7-16)20(27)14(11-22)10-15-12-23(13-19(25)26)18-9-5-4-8-17(15)18/h1-10,12H,13H2,(H,25,26). The fourth-order valence-electron chi connectivity index (χ4n) is 2.75. The van der Waals surface area contributed by atoms with E-state index in [2.05, 4.69) is 0 Å². The van der Waals surface area contributed by atoms with Crippen LogP contribution in [0.4, 0.5) is 10.2 Å². The Morgan fingerprint density at radius 1 is 1.15 bits per heavy atom. The summed E-state index contributed by atoms with van der Waals surface area (Å²) in [5.41, 5.74) is 0.700. The fourth-order valence-corrected chi connectivity index (χ4v) is 2.75. The molecule has 0 aliphatic carbocycles. The first kappa shape index (κ1) is 17.9. The number of nitriles is 1. The monoisotopic (exact) mass is 363 g/mol. The van der Waals surface area contributed by atoms with E-state index in [-0.39, 0.29) is 17.4 Å². The molecule has 2 aromatic carbocycles. The van der Waals surface area contributed by atoms with Crippen molar-refractivity contribution < 1.29 is 19.2 Å². The molecule has 0 aliphatic rings. The number of rotatable bonds is 5. The number of aliphatic carboxylic acids is 1. The van der Waals surface area contributed by atoms with E-state index in [1.165, 1.54) is 29.0 Å². The van der Waals surface area contributed by atoms with E-state index in [1.807, 2.05) is 0 Å². The van der Waals surface area contributed by atoms with Gasteiger partial charge in [-0.25, -0.2) is 0 Å². The fraction of sp³-hybridized carbons (Fsp3) is 0.0500. The second-order valence-electron chi connectivity index (χ2n) is 5.71. The normalized spacial score (nSPS) is 11.2. The van der Waals surface area contributed by atoms with Gasteiger partial charge in [-0.3, -0.25) is 9.59 Å². The number of halogens is 1. The molecule has 0 fully saturated rings. The lowest BCUT2D eigenvalue weighted by Crippen LogP contribution is -2.23. The molecule has 0 spiro atoms. The summed E-state index contributed by atoms with van der Waals surface area (Å²) < 4.78 is 15.9. The topological polar surface area (TPSA) is 86.3 Å². The van der Waals surface area contributed by atoms with Crippen LogP contribution in [0.25, 0.3) is 17.0 Å². The smallest absolute Gasteiger partial charge is 0.323 e. The molecule has 1 amide bonds. The zero-order chi connectivity index (χ0) is 19.4. The Hall–Kier alpha value is -3.92. The third-order valence-electron chi connectivity index (χ3n) is 3.94. The molecule has 7 heteroatoms. The first-order valence-corrected chi connectivity index (χ1v) is 7.98. The maximum Gasteiger partial charge on any atom is 0.323 e. The van der Waals surface area contributed by atoms with Crippen molar-refractivity contribution in [1.82, 2.24) is 4.57 Å². The van der Waals surface area contributed by atoms with Crippen LogP contribution in [0.2, 0.25) is 0 Å². The Kier molecular flexibility index (Phi) is 4.99. The van der Waals surface area contributed by atoms with Crippen LogP contribution in [0, 0.1) is 11.3 Å². The Labute approximate surface area is 153 Å². The minimum absolute atomic E-state index is 0.0111. The van der Waals surface area contributed by atoms with E-state index >= 15 is 0 Å². The summed E-state index contributed by atoms with van der Waals surface area (Å²) in [6, 6.07) is 16.3. The number of hydrogen-bond acceptors (Lipinski definition) is 3. The van der Waals surface area contributed by atoms with Crippen molar-refractivity contribution in [3.8, 4) is 6.07 Å². The Morgan fingerprint density at radius 3 is 2.48 bits per heavy atom. The molecule has 0 saturated heterocycles. The highest BCUT2D eigenvalue weighted by Gasteiger charge is 2.21. The highest BCUT2D eigenvalue weighted by molar-refractivity contribution is 6.11. The first-order chi connectivity index (χ1) is 13.0. The summed E-state index contributed by atoms with van der Waals surface area (Å²) in [6.45, 7) is -0.274. The van der Waals surface area contributed by atoms with Gasteiger partial charge in [0.2, 0.25) is 0 Å². The number of benzene rings is 2. The molecule has 1 heterocycles. The van der Waals surface area contributed by atoms with Crippen molar-refractivity contribution in [2.45, 2.75) is 6.54 Å². The molecule has 0 radical (unpaired) electrons. The number of anilines is 1. The molecular formula is C20H14FN3O3. The molecule has 0 unspecified atom stereocenters. The van der Waals surface area contributed by atoms with Gasteiger partial charge in [0.25, 0.3) is 5.91 Å². The summed E-state index contributed by atoms with van der Waals surface area (Å²) in [6.07, 6.45) is 2.78. The Morgan fingerprint density at radius 2 is 1.81 bits per heavy atom. The SMILES string of the molecule is N#CC(=Cc1cn(CC(=O)O)c2ccccc12)C(=O)N(F)c1ccccc1. The summed E-state index contributed by atoms with van der Waals surface area (Å²) in [4.78, 5) is 23.4. The molecule has 6 nitrogen and oxygen atoms in total. The second-order valence-corrected chi connectivity index (χ2v) is 5.71. The van der Waals surface area contributed by atoms with Crippen LogP contribution < -0.4 is 5.12 Å². The lowest BCUT2D eigenvalue weighted by molar-refractivity contribution is -0.137. The highest BCUT2D eigenvalue weighted by Crippen LogP contribution is 2.25.